The number of fused-ring (bicyclic) bond motifs is 2. The summed E-state index contributed by atoms with van der Waals surface area (Å²) >= 11 is 0. The summed E-state index contributed by atoms with van der Waals surface area (Å²) in [6, 6.07) is -0.285. The lowest BCUT2D eigenvalue weighted by atomic mass is 9.84. The van der Waals surface area contributed by atoms with Crippen LogP contribution in [0.1, 0.15) is 77.6 Å². The third kappa shape index (κ3) is 3.59. The Bertz CT molecular complexity index is 612. The zero-order valence-electron chi connectivity index (χ0n) is 16.5. The van der Waals surface area contributed by atoms with Gasteiger partial charge >= 0.3 is 6.03 Å². The monoisotopic (exact) mass is 375 g/mol. The Morgan fingerprint density at radius 1 is 1.15 bits per heavy atom. The van der Waals surface area contributed by atoms with Crippen molar-refractivity contribution < 1.29 is 14.4 Å². The van der Waals surface area contributed by atoms with Gasteiger partial charge in [-0.1, -0.05) is 38.5 Å². The summed E-state index contributed by atoms with van der Waals surface area (Å²) in [6.45, 7) is 1.92. The molecule has 0 radical (unpaired) electrons. The Morgan fingerprint density at radius 2 is 1.85 bits per heavy atom. The molecule has 4 fully saturated rings. The number of carbonyl (C=O) groups excluding carboxylic acids is 3. The first-order valence-electron chi connectivity index (χ1n) is 10.9. The van der Waals surface area contributed by atoms with Gasteiger partial charge in [-0.3, -0.25) is 14.5 Å². The van der Waals surface area contributed by atoms with E-state index in [0.717, 1.165) is 42.4 Å². The van der Waals surface area contributed by atoms with Crippen LogP contribution in [0, 0.1) is 17.8 Å². The molecule has 1 saturated heterocycles. The fourth-order valence-electron chi connectivity index (χ4n) is 6.12. The second-order valence-electron chi connectivity index (χ2n) is 9.37. The van der Waals surface area contributed by atoms with Crippen LogP contribution in [0.15, 0.2) is 0 Å². The Labute approximate surface area is 161 Å². The third-order valence-corrected chi connectivity index (χ3v) is 7.58. The average molecular weight is 376 g/mol. The van der Waals surface area contributed by atoms with E-state index in [0.29, 0.717) is 18.8 Å². The molecule has 27 heavy (non-hydrogen) atoms. The molecule has 4 aliphatic rings. The molecule has 1 spiro atoms. The highest BCUT2D eigenvalue weighted by molar-refractivity contribution is 6.09. The van der Waals surface area contributed by atoms with E-state index in [-0.39, 0.29) is 24.4 Å². The van der Waals surface area contributed by atoms with Gasteiger partial charge in [-0.05, 0) is 56.8 Å². The molecule has 0 aromatic rings. The summed E-state index contributed by atoms with van der Waals surface area (Å²) in [5, 5.41) is 6.01. The van der Waals surface area contributed by atoms with Gasteiger partial charge in [-0.2, -0.15) is 0 Å². The highest BCUT2D eigenvalue weighted by atomic mass is 16.2. The maximum absolute atomic E-state index is 13.0. The fourth-order valence-corrected chi connectivity index (χ4v) is 6.12. The molecule has 2 N–H and O–H groups in total. The van der Waals surface area contributed by atoms with E-state index < -0.39 is 11.6 Å². The molecular weight excluding hydrogens is 342 g/mol. The highest BCUT2D eigenvalue weighted by Gasteiger charge is 2.51. The van der Waals surface area contributed by atoms with Gasteiger partial charge in [0, 0.05) is 6.04 Å². The van der Waals surface area contributed by atoms with E-state index in [1.54, 1.807) is 0 Å². The van der Waals surface area contributed by atoms with Gasteiger partial charge in [-0.15, -0.1) is 0 Å². The first kappa shape index (κ1) is 18.8. The zero-order valence-corrected chi connectivity index (χ0v) is 16.5. The Hall–Kier alpha value is -1.59. The van der Waals surface area contributed by atoms with Gasteiger partial charge in [0.05, 0.1) is 0 Å². The van der Waals surface area contributed by atoms with Gasteiger partial charge in [0.15, 0.2) is 0 Å². The number of hydrogen-bond acceptors (Lipinski definition) is 3. The van der Waals surface area contributed by atoms with Gasteiger partial charge in [-0.25, -0.2) is 4.79 Å². The molecule has 3 saturated carbocycles. The predicted molar refractivity (Wildman–Crippen MR) is 102 cm³/mol. The lowest BCUT2D eigenvalue weighted by Crippen LogP contribution is -2.49. The Morgan fingerprint density at radius 3 is 2.48 bits per heavy atom. The summed E-state index contributed by atoms with van der Waals surface area (Å²) in [7, 11) is 0. The van der Waals surface area contributed by atoms with Crippen molar-refractivity contribution in [3.63, 3.8) is 0 Å². The maximum Gasteiger partial charge on any atom is 0.325 e. The van der Waals surface area contributed by atoms with Crippen LogP contribution >= 0.6 is 0 Å². The quantitative estimate of drug-likeness (QED) is 0.742. The maximum atomic E-state index is 13.0. The average Bonchev–Trinajstić information content (AvgIpc) is 3.29. The minimum atomic E-state index is -0.770. The summed E-state index contributed by atoms with van der Waals surface area (Å²) in [5.41, 5.74) is -0.770. The summed E-state index contributed by atoms with van der Waals surface area (Å²) < 4.78 is 0. The number of imide groups is 1. The second kappa shape index (κ2) is 7.44. The molecule has 6 heteroatoms. The molecule has 4 amide bonds. The number of carbonyl (C=O) groups is 3. The molecule has 4 atom stereocenters. The number of amides is 4. The second-order valence-corrected chi connectivity index (χ2v) is 9.37. The van der Waals surface area contributed by atoms with Crippen molar-refractivity contribution in [1.82, 2.24) is 15.5 Å². The van der Waals surface area contributed by atoms with Crippen LogP contribution in [0.25, 0.3) is 0 Å². The van der Waals surface area contributed by atoms with E-state index in [1.807, 2.05) is 0 Å². The van der Waals surface area contributed by atoms with Crippen molar-refractivity contribution in [3.05, 3.63) is 0 Å². The van der Waals surface area contributed by atoms with Crippen LogP contribution in [0.3, 0.4) is 0 Å². The fraction of sp³-hybridized carbons (Fsp3) is 0.857. The molecule has 1 aliphatic heterocycles. The minimum absolute atomic E-state index is 0.115. The van der Waals surface area contributed by atoms with Crippen LogP contribution in [0.2, 0.25) is 0 Å². The number of urea groups is 1. The number of hydrogen-bond donors (Lipinski definition) is 2. The smallest absolute Gasteiger partial charge is 0.325 e. The number of rotatable bonds is 4. The van der Waals surface area contributed by atoms with Gasteiger partial charge in [0.25, 0.3) is 5.91 Å². The van der Waals surface area contributed by atoms with Crippen molar-refractivity contribution in [2.45, 2.75) is 89.1 Å². The predicted octanol–water partition coefficient (Wildman–Crippen LogP) is 2.96. The number of nitrogens with zero attached hydrogens (tertiary/aromatic N) is 1. The third-order valence-electron chi connectivity index (χ3n) is 7.58. The summed E-state index contributed by atoms with van der Waals surface area (Å²) in [5.74, 6) is 1.71. The van der Waals surface area contributed by atoms with Crippen molar-refractivity contribution in [1.29, 1.82) is 0 Å². The molecule has 0 unspecified atom stereocenters. The van der Waals surface area contributed by atoms with Gasteiger partial charge in [0.1, 0.15) is 12.1 Å². The molecular formula is C21H33N3O3. The minimum Gasteiger partial charge on any atom is -0.352 e. The van der Waals surface area contributed by atoms with Crippen molar-refractivity contribution in [2.75, 3.05) is 6.54 Å². The van der Waals surface area contributed by atoms with E-state index in [2.05, 4.69) is 17.6 Å². The molecule has 150 valence electrons. The molecule has 6 nitrogen and oxygen atoms in total. The molecule has 0 aromatic carbocycles. The topological polar surface area (TPSA) is 78.5 Å². The largest absolute Gasteiger partial charge is 0.352 e. The number of nitrogens with one attached hydrogen (secondary N) is 2. The molecule has 0 aromatic heterocycles. The standard InChI is InChI=1S/C21H33N3O3/c1-14(17-12-15-7-8-16(17)11-15)22-18(25)13-24-19(26)21(23-20(24)27)9-5-3-2-4-6-10-21/h14-17H,2-13H2,1H3,(H,22,25)(H,23,27)/t14-,15-,16-,17-/m0/s1. The van der Waals surface area contributed by atoms with E-state index in [9.17, 15) is 14.4 Å². The van der Waals surface area contributed by atoms with E-state index >= 15 is 0 Å². The van der Waals surface area contributed by atoms with Crippen LogP contribution in [-0.2, 0) is 9.59 Å². The van der Waals surface area contributed by atoms with E-state index in [1.165, 1.54) is 32.1 Å². The lowest BCUT2D eigenvalue weighted by molar-refractivity contribution is -0.135. The summed E-state index contributed by atoms with van der Waals surface area (Å²) in [6.07, 6.45) is 11.8. The van der Waals surface area contributed by atoms with Crippen LogP contribution in [-0.4, -0.2) is 40.9 Å². The summed E-state index contributed by atoms with van der Waals surface area (Å²) in [4.78, 5) is 39.2. The molecule has 1 heterocycles. The normalized spacial score (nSPS) is 33.7. The van der Waals surface area contributed by atoms with Crippen molar-refractivity contribution in [3.8, 4) is 0 Å². The molecule has 4 rings (SSSR count). The highest BCUT2D eigenvalue weighted by Crippen LogP contribution is 2.49. The lowest BCUT2D eigenvalue weighted by Gasteiger charge is -2.29. The Kier molecular flexibility index (Phi) is 5.17. The van der Waals surface area contributed by atoms with Crippen LogP contribution in [0.4, 0.5) is 4.79 Å². The van der Waals surface area contributed by atoms with Crippen LogP contribution in [0.5, 0.6) is 0 Å². The SMILES string of the molecule is C[C@H](NC(=O)CN1C(=O)NC2(CCCCCCC2)C1=O)[C@@H]1C[C@H]2CC[C@H]1C2. The first-order chi connectivity index (χ1) is 13.0. The van der Waals surface area contributed by atoms with Gasteiger partial charge < -0.3 is 10.6 Å². The molecule has 3 aliphatic carbocycles. The van der Waals surface area contributed by atoms with Crippen LogP contribution < -0.4 is 10.6 Å². The van der Waals surface area contributed by atoms with E-state index in [4.69, 9.17) is 0 Å². The Balaban J connectivity index is 1.35. The zero-order chi connectivity index (χ0) is 19.0. The van der Waals surface area contributed by atoms with Gasteiger partial charge in [0.2, 0.25) is 5.91 Å². The van der Waals surface area contributed by atoms with Crippen molar-refractivity contribution >= 4 is 17.8 Å². The first-order valence-corrected chi connectivity index (χ1v) is 10.9. The molecule has 2 bridgehead atoms. The van der Waals surface area contributed by atoms with Crippen molar-refractivity contribution in [2.24, 2.45) is 17.8 Å².